The number of nitrogens with one attached hydrogen (secondary N) is 1. The average molecular weight is 340 g/mol. The number of nitrogens with two attached hydrogens (primary N) is 1. The molecule has 2 unspecified atom stereocenters. The molecule has 0 spiro atoms. The number of benzene rings is 2. The molecule has 3 N–H and O–H groups in total. The van der Waals surface area contributed by atoms with Gasteiger partial charge in [-0.1, -0.05) is 29.8 Å². The number of ether oxygens (including phenoxy) is 2. The third-order valence-electron chi connectivity index (χ3n) is 4.56. The molecule has 1 fully saturated rings. The molecule has 0 aliphatic carbocycles. The Balaban J connectivity index is 1.76. The lowest BCUT2D eigenvalue weighted by atomic mass is 9.88. The number of amides is 1. The molecule has 0 saturated carbocycles. The van der Waals surface area contributed by atoms with Crippen LogP contribution in [0, 0.1) is 12.8 Å². The summed E-state index contributed by atoms with van der Waals surface area (Å²) in [4.78, 5) is 12.8. The minimum atomic E-state index is -0.222. The molecule has 2 aromatic rings. The van der Waals surface area contributed by atoms with Crippen LogP contribution in [0.3, 0.4) is 0 Å². The Morgan fingerprint density at radius 1 is 1.24 bits per heavy atom. The molecule has 5 heteroatoms. The summed E-state index contributed by atoms with van der Waals surface area (Å²) in [6.07, 6.45) is 1.46. The Hall–Kier alpha value is -2.53. The number of methoxy groups -OCH3 is 1. The van der Waals surface area contributed by atoms with E-state index >= 15 is 0 Å². The molecule has 1 aliphatic heterocycles. The van der Waals surface area contributed by atoms with Crippen molar-refractivity contribution in [2.24, 2.45) is 5.92 Å². The van der Waals surface area contributed by atoms with Crippen molar-refractivity contribution >= 4 is 17.3 Å². The summed E-state index contributed by atoms with van der Waals surface area (Å²) in [6, 6.07) is 13.4. The Kier molecular flexibility index (Phi) is 5.24. The van der Waals surface area contributed by atoms with Crippen LogP contribution in [0.15, 0.2) is 42.5 Å². The maximum Gasteiger partial charge on any atom is 0.230 e. The first kappa shape index (κ1) is 17.3. The van der Waals surface area contributed by atoms with Crippen LogP contribution in [0.4, 0.5) is 11.4 Å². The lowest BCUT2D eigenvalue weighted by Gasteiger charge is -2.31. The summed E-state index contributed by atoms with van der Waals surface area (Å²) in [5, 5.41) is 2.96. The van der Waals surface area contributed by atoms with Gasteiger partial charge >= 0.3 is 0 Å². The molecule has 0 aromatic heterocycles. The van der Waals surface area contributed by atoms with Gasteiger partial charge in [0.1, 0.15) is 5.75 Å². The minimum absolute atomic E-state index is 0.0464. The molecule has 5 nitrogen and oxygen atoms in total. The van der Waals surface area contributed by atoms with Crippen LogP contribution in [0.25, 0.3) is 0 Å². The van der Waals surface area contributed by atoms with Gasteiger partial charge in [-0.15, -0.1) is 0 Å². The minimum Gasteiger partial charge on any atom is -0.495 e. The quantitative estimate of drug-likeness (QED) is 0.833. The van der Waals surface area contributed by atoms with E-state index in [9.17, 15) is 4.79 Å². The highest BCUT2D eigenvalue weighted by Gasteiger charge is 2.33. The zero-order valence-corrected chi connectivity index (χ0v) is 14.6. The molecular formula is C20H24N2O3. The second-order valence-corrected chi connectivity index (χ2v) is 6.40. The van der Waals surface area contributed by atoms with Gasteiger partial charge in [-0.3, -0.25) is 4.79 Å². The molecular weight excluding hydrogens is 316 g/mol. The summed E-state index contributed by atoms with van der Waals surface area (Å²) in [7, 11) is 1.56. The van der Waals surface area contributed by atoms with E-state index in [0.717, 1.165) is 18.4 Å². The molecule has 0 bridgehead atoms. The number of aryl methyl sites for hydroxylation is 1. The van der Waals surface area contributed by atoms with E-state index in [1.807, 2.05) is 31.2 Å². The van der Waals surface area contributed by atoms with Gasteiger partial charge in [0.2, 0.25) is 5.91 Å². The Morgan fingerprint density at radius 2 is 2.00 bits per heavy atom. The largest absolute Gasteiger partial charge is 0.495 e. The summed E-state index contributed by atoms with van der Waals surface area (Å²) in [5.74, 6) is 0.325. The molecule has 0 radical (unpaired) electrons. The highest BCUT2D eigenvalue weighted by molar-refractivity contribution is 5.93. The van der Waals surface area contributed by atoms with Crippen molar-refractivity contribution in [3.63, 3.8) is 0 Å². The van der Waals surface area contributed by atoms with Gasteiger partial charge < -0.3 is 20.5 Å². The topological polar surface area (TPSA) is 73.6 Å². The van der Waals surface area contributed by atoms with Crippen molar-refractivity contribution in [3.8, 4) is 5.75 Å². The molecule has 1 aliphatic rings. The number of carbonyl (C=O) groups is 1. The third kappa shape index (κ3) is 3.94. The number of carbonyl (C=O) groups excluding carboxylic acids is 1. The van der Waals surface area contributed by atoms with Crippen molar-refractivity contribution < 1.29 is 14.3 Å². The first-order valence-corrected chi connectivity index (χ1v) is 8.51. The van der Waals surface area contributed by atoms with Crippen LogP contribution in [0.5, 0.6) is 5.75 Å². The van der Waals surface area contributed by atoms with E-state index in [0.29, 0.717) is 23.7 Å². The van der Waals surface area contributed by atoms with Gasteiger partial charge in [-0.25, -0.2) is 0 Å². The van der Waals surface area contributed by atoms with Crippen LogP contribution in [0.1, 0.15) is 30.1 Å². The zero-order valence-electron chi connectivity index (χ0n) is 14.6. The fraction of sp³-hybridized carbons (Fsp3) is 0.350. The zero-order chi connectivity index (χ0) is 17.8. The Morgan fingerprint density at radius 3 is 2.68 bits per heavy atom. The number of nitrogen functional groups attached to an aromatic ring is 1. The normalized spacial score (nSPS) is 20.1. The molecule has 1 amide bonds. The van der Waals surface area contributed by atoms with E-state index in [4.69, 9.17) is 15.2 Å². The first-order chi connectivity index (χ1) is 12.1. The Bertz CT molecular complexity index is 743. The first-order valence-electron chi connectivity index (χ1n) is 8.51. The van der Waals surface area contributed by atoms with Crippen molar-refractivity contribution in [2.45, 2.75) is 25.9 Å². The molecule has 25 heavy (non-hydrogen) atoms. The van der Waals surface area contributed by atoms with E-state index in [1.54, 1.807) is 25.3 Å². The highest BCUT2D eigenvalue weighted by Crippen LogP contribution is 2.35. The van der Waals surface area contributed by atoms with Gasteiger partial charge in [0.05, 0.1) is 24.8 Å². The van der Waals surface area contributed by atoms with E-state index in [-0.39, 0.29) is 17.9 Å². The predicted molar refractivity (Wildman–Crippen MR) is 98.6 cm³/mol. The summed E-state index contributed by atoms with van der Waals surface area (Å²) < 4.78 is 11.1. The predicted octanol–water partition coefficient (Wildman–Crippen LogP) is 3.69. The molecule has 132 valence electrons. The fourth-order valence-corrected chi connectivity index (χ4v) is 3.18. The summed E-state index contributed by atoms with van der Waals surface area (Å²) in [6.45, 7) is 2.72. The highest BCUT2D eigenvalue weighted by atomic mass is 16.5. The van der Waals surface area contributed by atoms with Crippen LogP contribution in [-0.2, 0) is 9.53 Å². The van der Waals surface area contributed by atoms with Crippen LogP contribution >= 0.6 is 0 Å². The second kappa shape index (κ2) is 7.57. The second-order valence-electron chi connectivity index (χ2n) is 6.40. The van der Waals surface area contributed by atoms with Crippen molar-refractivity contribution in [3.05, 3.63) is 53.6 Å². The van der Waals surface area contributed by atoms with E-state index in [1.165, 1.54) is 5.56 Å². The Labute approximate surface area is 148 Å². The molecule has 1 heterocycles. The van der Waals surface area contributed by atoms with E-state index in [2.05, 4.69) is 5.32 Å². The van der Waals surface area contributed by atoms with Crippen molar-refractivity contribution in [2.75, 3.05) is 24.8 Å². The molecule has 1 saturated heterocycles. The van der Waals surface area contributed by atoms with E-state index < -0.39 is 0 Å². The van der Waals surface area contributed by atoms with Gasteiger partial charge in [0.15, 0.2) is 0 Å². The number of rotatable bonds is 4. The van der Waals surface area contributed by atoms with Crippen molar-refractivity contribution in [1.29, 1.82) is 0 Å². The van der Waals surface area contributed by atoms with Gasteiger partial charge in [0.25, 0.3) is 0 Å². The summed E-state index contributed by atoms with van der Waals surface area (Å²) in [5.41, 5.74) is 9.31. The lowest BCUT2D eigenvalue weighted by Crippen LogP contribution is -2.33. The van der Waals surface area contributed by atoms with Crippen LogP contribution in [-0.4, -0.2) is 19.6 Å². The van der Waals surface area contributed by atoms with Gasteiger partial charge in [0, 0.05) is 12.3 Å². The SMILES string of the molecule is COc1ccc(NC(=O)C2CCCOC2c2ccc(C)cc2)cc1N. The lowest BCUT2D eigenvalue weighted by molar-refractivity contribution is -0.129. The standard InChI is InChI=1S/C20H24N2O3/c1-13-5-7-14(8-6-13)19-16(4-3-11-25-19)20(23)22-15-9-10-18(24-2)17(21)12-15/h5-10,12,16,19H,3-4,11,21H2,1-2H3,(H,22,23). The van der Waals surface area contributed by atoms with Crippen LogP contribution in [0.2, 0.25) is 0 Å². The monoisotopic (exact) mass is 340 g/mol. The van der Waals surface area contributed by atoms with Crippen molar-refractivity contribution in [1.82, 2.24) is 0 Å². The maximum absolute atomic E-state index is 12.8. The fourth-order valence-electron chi connectivity index (χ4n) is 3.18. The van der Waals surface area contributed by atoms with Gasteiger partial charge in [-0.05, 0) is 43.5 Å². The smallest absolute Gasteiger partial charge is 0.230 e. The van der Waals surface area contributed by atoms with Gasteiger partial charge in [-0.2, -0.15) is 0 Å². The summed E-state index contributed by atoms with van der Waals surface area (Å²) >= 11 is 0. The maximum atomic E-state index is 12.8. The van der Waals surface area contributed by atoms with Crippen LogP contribution < -0.4 is 15.8 Å². The molecule has 3 rings (SSSR count). The number of hydrogen-bond donors (Lipinski definition) is 2. The molecule has 2 atom stereocenters. The third-order valence-corrected chi connectivity index (χ3v) is 4.56. The average Bonchev–Trinajstić information content (AvgIpc) is 2.62. The number of anilines is 2. The number of hydrogen-bond acceptors (Lipinski definition) is 4. The molecule has 2 aromatic carbocycles.